The SMILES string of the molecule is CCCCCCCCCOS(=O)OC(C)CCC. The highest BCUT2D eigenvalue weighted by molar-refractivity contribution is 7.75. The molecule has 110 valence electrons. The molecule has 0 aromatic carbocycles. The van der Waals surface area contributed by atoms with E-state index in [9.17, 15) is 4.21 Å². The molecule has 0 N–H and O–H groups in total. The van der Waals surface area contributed by atoms with Gasteiger partial charge < -0.3 is 0 Å². The Morgan fingerprint density at radius 2 is 1.56 bits per heavy atom. The molecule has 0 bridgehead atoms. The molecule has 0 aromatic heterocycles. The zero-order valence-corrected chi connectivity index (χ0v) is 13.1. The molecule has 2 atom stereocenters. The quantitative estimate of drug-likeness (QED) is 0.464. The Balaban J connectivity index is 3.25. The Hall–Kier alpha value is 0.0700. The van der Waals surface area contributed by atoms with Crippen LogP contribution in [0.3, 0.4) is 0 Å². The Bertz CT molecular complexity index is 197. The van der Waals surface area contributed by atoms with E-state index in [1.165, 1.54) is 32.1 Å². The summed E-state index contributed by atoms with van der Waals surface area (Å²) in [6.07, 6.45) is 10.6. The van der Waals surface area contributed by atoms with Crippen molar-refractivity contribution in [1.82, 2.24) is 0 Å². The highest BCUT2D eigenvalue weighted by atomic mass is 32.2. The molecule has 2 unspecified atom stereocenters. The van der Waals surface area contributed by atoms with Gasteiger partial charge in [0.15, 0.2) is 0 Å². The van der Waals surface area contributed by atoms with Crippen molar-refractivity contribution >= 4 is 11.4 Å². The second-order valence-electron chi connectivity index (χ2n) is 4.84. The number of hydrogen-bond donors (Lipinski definition) is 0. The van der Waals surface area contributed by atoms with E-state index in [0.717, 1.165) is 25.7 Å². The summed E-state index contributed by atoms with van der Waals surface area (Å²) in [5, 5.41) is 0. The number of hydrogen-bond acceptors (Lipinski definition) is 3. The molecule has 0 saturated carbocycles. The maximum Gasteiger partial charge on any atom is 0.304 e. The highest BCUT2D eigenvalue weighted by Crippen LogP contribution is 2.08. The Kier molecular flexibility index (Phi) is 13.6. The third kappa shape index (κ3) is 12.5. The van der Waals surface area contributed by atoms with Crippen LogP contribution in [0.2, 0.25) is 0 Å². The average molecular weight is 278 g/mol. The van der Waals surface area contributed by atoms with Crippen LogP contribution in [0.4, 0.5) is 0 Å². The maximum atomic E-state index is 11.4. The smallest absolute Gasteiger partial charge is 0.268 e. The summed E-state index contributed by atoms with van der Waals surface area (Å²) >= 11 is -1.56. The van der Waals surface area contributed by atoms with Crippen LogP contribution in [-0.2, 0) is 19.7 Å². The lowest BCUT2D eigenvalue weighted by atomic mass is 10.1. The topological polar surface area (TPSA) is 35.5 Å². The Morgan fingerprint density at radius 3 is 2.17 bits per heavy atom. The second kappa shape index (κ2) is 13.5. The molecule has 0 fully saturated rings. The van der Waals surface area contributed by atoms with Crippen molar-refractivity contribution in [2.24, 2.45) is 0 Å². The van der Waals surface area contributed by atoms with E-state index in [-0.39, 0.29) is 6.10 Å². The molecule has 3 nitrogen and oxygen atoms in total. The van der Waals surface area contributed by atoms with E-state index in [2.05, 4.69) is 13.8 Å². The van der Waals surface area contributed by atoms with Gasteiger partial charge in [-0.15, -0.1) is 0 Å². The third-order valence-electron chi connectivity index (χ3n) is 2.87. The van der Waals surface area contributed by atoms with Crippen LogP contribution in [-0.4, -0.2) is 16.9 Å². The van der Waals surface area contributed by atoms with Crippen molar-refractivity contribution in [3.8, 4) is 0 Å². The van der Waals surface area contributed by atoms with Crippen molar-refractivity contribution in [3.63, 3.8) is 0 Å². The van der Waals surface area contributed by atoms with Crippen molar-refractivity contribution in [1.29, 1.82) is 0 Å². The van der Waals surface area contributed by atoms with Gasteiger partial charge in [0.05, 0.1) is 12.7 Å². The van der Waals surface area contributed by atoms with E-state index >= 15 is 0 Å². The lowest BCUT2D eigenvalue weighted by molar-refractivity contribution is 0.185. The summed E-state index contributed by atoms with van der Waals surface area (Å²) in [6, 6.07) is 0. The molecule has 0 saturated heterocycles. The van der Waals surface area contributed by atoms with Crippen LogP contribution in [0.15, 0.2) is 0 Å². The first kappa shape index (κ1) is 18.1. The first-order valence-electron chi connectivity index (χ1n) is 7.42. The zero-order chi connectivity index (χ0) is 13.6. The molecule has 0 aromatic rings. The largest absolute Gasteiger partial charge is 0.304 e. The fourth-order valence-electron chi connectivity index (χ4n) is 1.80. The van der Waals surface area contributed by atoms with E-state index in [1.54, 1.807) is 0 Å². The monoisotopic (exact) mass is 278 g/mol. The Morgan fingerprint density at radius 1 is 0.944 bits per heavy atom. The van der Waals surface area contributed by atoms with Crippen molar-refractivity contribution < 1.29 is 12.6 Å². The van der Waals surface area contributed by atoms with Gasteiger partial charge in [-0.05, 0) is 19.8 Å². The van der Waals surface area contributed by atoms with Crippen LogP contribution in [0, 0.1) is 0 Å². The van der Waals surface area contributed by atoms with Crippen LogP contribution in [0.25, 0.3) is 0 Å². The molecule has 0 heterocycles. The van der Waals surface area contributed by atoms with Crippen molar-refractivity contribution in [2.75, 3.05) is 6.61 Å². The minimum Gasteiger partial charge on any atom is -0.268 e. The van der Waals surface area contributed by atoms with Crippen LogP contribution in [0.1, 0.15) is 78.6 Å². The first-order valence-corrected chi connectivity index (χ1v) is 8.42. The predicted molar refractivity (Wildman–Crippen MR) is 77.5 cm³/mol. The lowest BCUT2D eigenvalue weighted by Crippen LogP contribution is -2.12. The van der Waals surface area contributed by atoms with Gasteiger partial charge in [-0.3, -0.25) is 8.37 Å². The van der Waals surface area contributed by atoms with Gasteiger partial charge >= 0.3 is 11.4 Å². The summed E-state index contributed by atoms with van der Waals surface area (Å²) in [5.74, 6) is 0. The third-order valence-corrected chi connectivity index (χ3v) is 3.71. The van der Waals surface area contributed by atoms with Gasteiger partial charge in [0, 0.05) is 0 Å². The molecule has 0 aliphatic carbocycles. The fraction of sp³-hybridized carbons (Fsp3) is 1.00. The summed E-state index contributed by atoms with van der Waals surface area (Å²) < 4.78 is 21.7. The minimum atomic E-state index is -1.56. The van der Waals surface area contributed by atoms with Crippen LogP contribution < -0.4 is 0 Å². The summed E-state index contributed by atoms with van der Waals surface area (Å²) in [5.41, 5.74) is 0. The summed E-state index contributed by atoms with van der Waals surface area (Å²) in [7, 11) is 0. The van der Waals surface area contributed by atoms with E-state index < -0.39 is 11.4 Å². The molecule has 0 spiro atoms. The van der Waals surface area contributed by atoms with Crippen LogP contribution in [0.5, 0.6) is 0 Å². The molecule has 0 aliphatic heterocycles. The molecule has 4 heteroatoms. The normalized spacial score (nSPS) is 14.6. The molecular weight excluding hydrogens is 248 g/mol. The van der Waals surface area contributed by atoms with Gasteiger partial charge in [0.1, 0.15) is 0 Å². The Labute approximate surface area is 116 Å². The van der Waals surface area contributed by atoms with Crippen molar-refractivity contribution in [2.45, 2.75) is 84.7 Å². The van der Waals surface area contributed by atoms with E-state index in [0.29, 0.717) is 6.61 Å². The van der Waals surface area contributed by atoms with Gasteiger partial charge in [-0.25, -0.2) is 0 Å². The minimum absolute atomic E-state index is 0.0184. The van der Waals surface area contributed by atoms with E-state index in [4.69, 9.17) is 8.37 Å². The van der Waals surface area contributed by atoms with Gasteiger partial charge in [-0.2, -0.15) is 4.21 Å². The fourth-order valence-corrected chi connectivity index (χ4v) is 2.48. The second-order valence-corrected chi connectivity index (χ2v) is 5.68. The molecular formula is C14H30O3S. The molecule has 0 radical (unpaired) electrons. The first-order chi connectivity index (χ1) is 8.70. The molecule has 18 heavy (non-hydrogen) atoms. The lowest BCUT2D eigenvalue weighted by Gasteiger charge is -2.09. The number of rotatable bonds is 13. The van der Waals surface area contributed by atoms with Crippen LogP contribution >= 0.6 is 0 Å². The van der Waals surface area contributed by atoms with Crippen molar-refractivity contribution in [3.05, 3.63) is 0 Å². The molecule has 0 aliphatic rings. The average Bonchev–Trinajstić information content (AvgIpc) is 2.32. The number of unbranched alkanes of at least 4 members (excludes halogenated alkanes) is 6. The zero-order valence-electron chi connectivity index (χ0n) is 12.3. The predicted octanol–water partition coefficient (Wildman–Crippen LogP) is 4.54. The highest BCUT2D eigenvalue weighted by Gasteiger charge is 2.07. The van der Waals surface area contributed by atoms with Gasteiger partial charge in [-0.1, -0.05) is 58.8 Å². The summed E-state index contributed by atoms with van der Waals surface area (Å²) in [4.78, 5) is 0. The summed E-state index contributed by atoms with van der Waals surface area (Å²) in [6.45, 7) is 6.78. The maximum absolute atomic E-state index is 11.4. The van der Waals surface area contributed by atoms with E-state index in [1.807, 2.05) is 6.92 Å². The molecule has 0 rings (SSSR count). The van der Waals surface area contributed by atoms with Gasteiger partial charge in [0.25, 0.3) is 0 Å². The molecule has 0 amide bonds. The standard InChI is InChI=1S/C14H30O3S/c1-4-6-7-8-9-10-11-13-16-18(15)17-14(3)12-5-2/h14H,4-13H2,1-3H3. The van der Waals surface area contributed by atoms with Gasteiger partial charge in [0.2, 0.25) is 0 Å².